The lowest BCUT2D eigenvalue weighted by Crippen LogP contribution is -2.44. The van der Waals surface area contributed by atoms with E-state index in [1.165, 1.54) is 24.3 Å². The molecule has 0 amide bonds. The molecule has 3 fully saturated rings. The number of ether oxygens (including phenoxy) is 1. The molecule has 5 heterocycles. The first-order valence-electron chi connectivity index (χ1n) is 14.6. The highest BCUT2D eigenvalue weighted by Gasteiger charge is 2.49. The number of nitrogens with zero attached hydrogens (tertiary/aromatic N) is 5. The number of phenolic OH excluding ortho intramolecular Hbond substituents is 1. The third kappa shape index (κ3) is 4.55. The van der Waals surface area contributed by atoms with Crippen molar-refractivity contribution in [3.63, 3.8) is 0 Å². The summed E-state index contributed by atoms with van der Waals surface area (Å²) in [6, 6.07) is 5.26. The Morgan fingerprint density at radius 2 is 1.89 bits per heavy atom. The fourth-order valence-electron chi connectivity index (χ4n) is 6.99. The Morgan fingerprint density at radius 3 is 2.66 bits per heavy atom. The minimum atomic E-state index is -0.938. The molecule has 3 aliphatic rings. The Labute approximate surface area is 252 Å². The van der Waals surface area contributed by atoms with Crippen LogP contribution in [0.25, 0.3) is 32.9 Å². The van der Waals surface area contributed by atoms with Gasteiger partial charge in [0.15, 0.2) is 5.82 Å². The van der Waals surface area contributed by atoms with E-state index < -0.39 is 23.3 Å². The number of piperazine rings is 1. The summed E-state index contributed by atoms with van der Waals surface area (Å²) in [6.07, 6.45) is 12.8. The van der Waals surface area contributed by atoms with Crippen LogP contribution in [0.2, 0.25) is 0 Å². The zero-order valence-corrected chi connectivity index (χ0v) is 23.8. The summed E-state index contributed by atoms with van der Waals surface area (Å²) in [4.78, 5) is 17.8. The number of aromatic hydroxyl groups is 1. The fourth-order valence-corrected chi connectivity index (χ4v) is 6.99. The Morgan fingerprint density at radius 1 is 1.07 bits per heavy atom. The van der Waals surface area contributed by atoms with Crippen molar-refractivity contribution in [1.29, 1.82) is 0 Å². The number of rotatable bonds is 5. The highest BCUT2D eigenvalue weighted by Crippen LogP contribution is 2.42. The molecule has 44 heavy (non-hydrogen) atoms. The number of benzene rings is 2. The standard InChI is InChI=1S/C33H29F3N6O2/c1-3-22-24(35)7-6-19-14-21(43)15-23(26(19)22)29-28(36)30-27(25(4-2)38-29)31(41-12-9-37-10-13-41)40-32(39-30)44-18-33-8-5-11-42(33)17-20(34)16-33/h1-2,6-7,14-15,20,37,43H,5,8-13,16-18H2/t20-,33+/m1/s1. The summed E-state index contributed by atoms with van der Waals surface area (Å²) in [5.74, 6) is 3.55. The number of aromatic nitrogens is 3. The van der Waals surface area contributed by atoms with E-state index in [4.69, 9.17) is 22.6 Å². The first kappa shape index (κ1) is 28.2. The Balaban J connectivity index is 1.44. The van der Waals surface area contributed by atoms with Crippen LogP contribution in [-0.2, 0) is 0 Å². The van der Waals surface area contributed by atoms with Gasteiger partial charge < -0.3 is 20.1 Å². The van der Waals surface area contributed by atoms with E-state index in [9.17, 15) is 13.9 Å². The normalized spacial score (nSPS) is 21.8. The molecule has 0 bridgehead atoms. The lowest BCUT2D eigenvalue weighted by Gasteiger charge is -2.32. The minimum Gasteiger partial charge on any atom is -0.508 e. The predicted octanol–water partition coefficient (Wildman–Crippen LogP) is 4.16. The monoisotopic (exact) mass is 598 g/mol. The molecule has 0 saturated carbocycles. The molecular formula is C33H29F3N6O2. The van der Waals surface area contributed by atoms with Gasteiger partial charge in [0.2, 0.25) is 0 Å². The molecule has 2 atom stereocenters. The van der Waals surface area contributed by atoms with Gasteiger partial charge in [-0.3, -0.25) is 4.90 Å². The average Bonchev–Trinajstić information content (AvgIpc) is 3.56. The van der Waals surface area contributed by atoms with Crippen LogP contribution in [0, 0.1) is 36.3 Å². The molecule has 0 radical (unpaired) electrons. The summed E-state index contributed by atoms with van der Waals surface area (Å²) in [6.45, 7) is 3.80. The van der Waals surface area contributed by atoms with Gasteiger partial charge in [-0.1, -0.05) is 12.0 Å². The van der Waals surface area contributed by atoms with Gasteiger partial charge in [0, 0.05) is 50.1 Å². The lowest BCUT2D eigenvalue weighted by atomic mass is 9.95. The van der Waals surface area contributed by atoms with E-state index in [0.29, 0.717) is 50.3 Å². The minimum absolute atomic E-state index is 0.0635. The molecular weight excluding hydrogens is 569 g/mol. The van der Waals surface area contributed by atoms with Crippen molar-refractivity contribution in [3.8, 4) is 47.7 Å². The summed E-state index contributed by atoms with van der Waals surface area (Å²) < 4.78 is 52.2. The van der Waals surface area contributed by atoms with Gasteiger partial charge in [0.05, 0.1) is 16.5 Å². The van der Waals surface area contributed by atoms with Crippen LogP contribution in [0.3, 0.4) is 0 Å². The highest BCUT2D eigenvalue weighted by molar-refractivity contribution is 6.04. The smallest absolute Gasteiger partial charge is 0.319 e. The van der Waals surface area contributed by atoms with E-state index in [1.807, 2.05) is 4.90 Å². The Hall–Kier alpha value is -4.58. The van der Waals surface area contributed by atoms with E-state index in [-0.39, 0.29) is 57.2 Å². The van der Waals surface area contributed by atoms with Crippen LogP contribution in [0.5, 0.6) is 11.8 Å². The molecule has 11 heteroatoms. The zero-order valence-electron chi connectivity index (χ0n) is 23.8. The number of anilines is 1. The second-order valence-electron chi connectivity index (χ2n) is 11.6. The number of nitrogens with one attached hydrogen (secondary N) is 1. The van der Waals surface area contributed by atoms with Crippen LogP contribution in [-0.4, -0.2) is 82.5 Å². The molecule has 0 spiro atoms. The van der Waals surface area contributed by atoms with Crippen molar-refractivity contribution in [2.24, 2.45) is 0 Å². The molecule has 3 saturated heterocycles. The number of halogens is 3. The fraction of sp³-hybridized carbons (Fsp3) is 0.364. The van der Waals surface area contributed by atoms with Crippen LogP contribution in [0.15, 0.2) is 24.3 Å². The van der Waals surface area contributed by atoms with E-state index in [0.717, 1.165) is 19.4 Å². The molecule has 0 aliphatic carbocycles. The van der Waals surface area contributed by atoms with Gasteiger partial charge >= 0.3 is 6.01 Å². The van der Waals surface area contributed by atoms with Crippen LogP contribution in [0.1, 0.15) is 30.5 Å². The maximum atomic E-state index is 16.8. The average molecular weight is 599 g/mol. The second kappa shape index (κ2) is 10.8. The number of alkyl halides is 1. The van der Waals surface area contributed by atoms with Crippen LogP contribution >= 0.6 is 0 Å². The number of fused-ring (bicyclic) bond motifs is 3. The molecule has 3 aliphatic heterocycles. The largest absolute Gasteiger partial charge is 0.508 e. The van der Waals surface area contributed by atoms with Crippen molar-refractivity contribution < 1.29 is 23.0 Å². The van der Waals surface area contributed by atoms with E-state index in [1.54, 1.807) is 0 Å². The first-order chi connectivity index (χ1) is 21.3. The van der Waals surface area contributed by atoms with Crippen LogP contribution in [0.4, 0.5) is 19.0 Å². The topological polar surface area (TPSA) is 86.6 Å². The van der Waals surface area contributed by atoms with Gasteiger partial charge in [-0.25, -0.2) is 18.2 Å². The molecule has 7 rings (SSSR count). The SMILES string of the molecule is C#Cc1c(F)ccc2cc(O)cc(-c3nc(C#C)c4c(N5CCNCC5)nc(OC[C@@]56CCCN5C[C@H](F)C6)nc4c3F)c12. The number of hydrogen-bond donors (Lipinski definition) is 2. The third-order valence-corrected chi connectivity index (χ3v) is 8.98. The van der Waals surface area contributed by atoms with Crippen molar-refractivity contribution in [2.45, 2.75) is 31.0 Å². The van der Waals surface area contributed by atoms with Crippen molar-refractivity contribution in [3.05, 3.63) is 47.2 Å². The maximum Gasteiger partial charge on any atom is 0.319 e. The van der Waals surface area contributed by atoms with Crippen molar-refractivity contribution in [1.82, 2.24) is 25.2 Å². The van der Waals surface area contributed by atoms with Gasteiger partial charge in [-0.15, -0.1) is 12.8 Å². The molecule has 224 valence electrons. The summed E-state index contributed by atoms with van der Waals surface area (Å²) in [5, 5.41) is 14.7. The summed E-state index contributed by atoms with van der Waals surface area (Å²) >= 11 is 0. The number of hydrogen-bond acceptors (Lipinski definition) is 8. The zero-order chi connectivity index (χ0) is 30.6. The molecule has 2 aromatic carbocycles. The van der Waals surface area contributed by atoms with Crippen molar-refractivity contribution >= 4 is 27.5 Å². The van der Waals surface area contributed by atoms with Gasteiger partial charge in [0.1, 0.15) is 47.1 Å². The summed E-state index contributed by atoms with van der Waals surface area (Å²) in [7, 11) is 0. The Bertz CT molecular complexity index is 1900. The third-order valence-electron chi connectivity index (χ3n) is 8.98. The molecule has 2 aromatic heterocycles. The molecule has 2 N–H and O–H groups in total. The second-order valence-corrected chi connectivity index (χ2v) is 11.6. The van der Waals surface area contributed by atoms with E-state index >= 15 is 4.39 Å². The highest BCUT2D eigenvalue weighted by atomic mass is 19.1. The first-order valence-corrected chi connectivity index (χ1v) is 14.6. The van der Waals surface area contributed by atoms with E-state index in [2.05, 4.69) is 32.0 Å². The molecule has 8 nitrogen and oxygen atoms in total. The van der Waals surface area contributed by atoms with Gasteiger partial charge in [-0.2, -0.15) is 9.97 Å². The predicted molar refractivity (Wildman–Crippen MR) is 161 cm³/mol. The molecule has 4 aromatic rings. The maximum absolute atomic E-state index is 16.8. The summed E-state index contributed by atoms with van der Waals surface area (Å²) in [5.41, 5.74) is -0.808. The van der Waals surface area contributed by atoms with Gasteiger partial charge in [-0.05, 0) is 48.9 Å². The number of phenols is 1. The lowest BCUT2D eigenvalue weighted by molar-refractivity contribution is 0.107. The van der Waals surface area contributed by atoms with Crippen molar-refractivity contribution in [2.75, 3.05) is 50.8 Å². The molecule has 0 unspecified atom stereocenters. The number of pyridine rings is 1. The van der Waals surface area contributed by atoms with Gasteiger partial charge in [0.25, 0.3) is 0 Å². The quantitative estimate of drug-likeness (QED) is 0.332. The number of terminal acetylenes is 2. The Kier molecular flexibility index (Phi) is 6.95. The van der Waals surface area contributed by atoms with Crippen LogP contribution < -0.4 is 15.0 Å².